The smallest absolute Gasteiger partial charge is 0.345 e. The summed E-state index contributed by atoms with van der Waals surface area (Å²) in [6, 6.07) is 11.8. The van der Waals surface area contributed by atoms with Gasteiger partial charge in [-0.25, -0.2) is 4.79 Å². The summed E-state index contributed by atoms with van der Waals surface area (Å²) in [6.07, 6.45) is 0. The lowest BCUT2D eigenvalue weighted by Gasteiger charge is -2.05. The Labute approximate surface area is 128 Å². The molecule has 5 nitrogen and oxygen atoms in total. The molecule has 22 heavy (non-hydrogen) atoms. The van der Waals surface area contributed by atoms with Crippen LogP contribution in [0.2, 0.25) is 5.02 Å². The molecule has 0 bridgehead atoms. The second-order valence-corrected chi connectivity index (χ2v) is 5.32. The second kappa shape index (κ2) is 4.35. The molecule has 4 rings (SSSR count). The fraction of sp³-hybridized carbons (Fsp3) is 0. The highest BCUT2D eigenvalue weighted by Crippen LogP contribution is 2.27. The van der Waals surface area contributed by atoms with E-state index in [4.69, 9.17) is 16.0 Å². The molecule has 0 saturated carbocycles. The third-order valence-corrected chi connectivity index (χ3v) is 3.85. The molecule has 2 heterocycles. The molecule has 2 aromatic carbocycles. The number of para-hydroxylation sites is 2. The van der Waals surface area contributed by atoms with Crippen molar-refractivity contribution in [3.8, 4) is 0 Å². The first kappa shape index (κ1) is 12.9. The normalized spacial score (nSPS) is 11.5. The van der Waals surface area contributed by atoms with Gasteiger partial charge in [0.2, 0.25) is 11.1 Å². The minimum Gasteiger partial charge on any atom is -0.477 e. The number of hydrogen-bond acceptors (Lipinski definition) is 3. The summed E-state index contributed by atoms with van der Waals surface area (Å²) in [5, 5.41) is 10.1. The van der Waals surface area contributed by atoms with Crippen molar-refractivity contribution < 1.29 is 14.3 Å². The van der Waals surface area contributed by atoms with Crippen LogP contribution in [0.25, 0.3) is 27.7 Å². The number of carboxylic acid groups (broad SMARTS) is 1. The SMILES string of the molecule is O=C(O)c1c(=O)c2ccc(Cl)cc2n2c1oc1ccccc12. The molecule has 4 aromatic rings. The number of aromatic carboxylic acids is 1. The van der Waals surface area contributed by atoms with Crippen LogP contribution in [0.4, 0.5) is 0 Å². The van der Waals surface area contributed by atoms with E-state index in [-0.39, 0.29) is 16.7 Å². The monoisotopic (exact) mass is 313 g/mol. The fourth-order valence-electron chi connectivity index (χ4n) is 2.69. The van der Waals surface area contributed by atoms with E-state index in [0.29, 0.717) is 21.6 Å². The molecule has 0 fully saturated rings. The van der Waals surface area contributed by atoms with Gasteiger partial charge in [0.1, 0.15) is 0 Å². The van der Waals surface area contributed by atoms with Crippen molar-refractivity contribution in [2.24, 2.45) is 0 Å². The van der Waals surface area contributed by atoms with Gasteiger partial charge in [-0.2, -0.15) is 0 Å². The molecule has 0 saturated heterocycles. The van der Waals surface area contributed by atoms with Crippen LogP contribution in [0.15, 0.2) is 51.7 Å². The fourth-order valence-corrected chi connectivity index (χ4v) is 2.86. The van der Waals surface area contributed by atoms with E-state index in [1.807, 2.05) is 6.07 Å². The number of aromatic nitrogens is 1. The van der Waals surface area contributed by atoms with Crippen LogP contribution in [0.5, 0.6) is 0 Å². The molecule has 2 aromatic heterocycles. The molecule has 6 heteroatoms. The maximum atomic E-state index is 12.5. The van der Waals surface area contributed by atoms with Crippen LogP contribution in [0.3, 0.4) is 0 Å². The number of carbonyl (C=O) groups is 1. The molecule has 0 spiro atoms. The number of halogens is 1. The van der Waals surface area contributed by atoms with Crippen LogP contribution in [0, 0.1) is 0 Å². The zero-order valence-electron chi connectivity index (χ0n) is 11.0. The summed E-state index contributed by atoms with van der Waals surface area (Å²) in [5.74, 6) is -1.32. The van der Waals surface area contributed by atoms with Gasteiger partial charge in [0, 0.05) is 10.4 Å². The van der Waals surface area contributed by atoms with Crippen LogP contribution in [0.1, 0.15) is 10.4 Å². The van der Waals surface area contributed by atoms with Crippen molar-refractivity contribution in [3.05, 3.63) is 63.3 Å². The van der Waals surface area contributed by atoms with Crippen molar-refractivity contribution >= 4 is 45.3 Å². The topological polar surface area (TPSA) is 71.9 Å². The molecular weight excluding hydrogens is 306 g/mol. The van der Waals surface area contributed by atoms with Gasteiger partial charge in [-0.05, 0) is 30.3 Å². The zero-order chi connectivity index (χ0) is 15.4. The highest BCUT2D eigenvalue weighted by molar-refractivity contribution is 6.31. The largest absolute Gasteiger partial charge is 0.477 e. The number of fused-ring (bicyclic) bond motifs is 5. The highest BCUT2D eigenvalue weighted by atomic mass is 35.5. The standard InChI is InChI=1S/C16H8ClNO4/c17-8-5-6-9-11(7-8)18-10-3-1-2-4-12(10)22-15(18)13(14(9)19)16(20)21/h1-7H,(H,20,21). The molecule has 0 atom stereocenters. The Morgan fingerprint density at radius 2 is 1.91 bits per heavy atom. The summed E-state index contributed by atoms with van der Waals surface area (Å²) in [7, 11) is 0. The first-order chi connectivity index (χ1) is 10.6. The Bertz CT molecular complexity index is 1140. The van der Waals surface area contributed by atoms with E-state index >= 15 is 0 Å². The summed E-state index contributed by atoms with van der Waals surface area (Å²) in [6.45, 7) is 0. The summed E-state index contributed by atoms with van der Waals surface area (Å²) in [5.41, 5.74) is 0.726. The minimum absolute atomic E-state index is 0.00784. The number of hydrogen-bond donors (Lipinski definition) is 1. The number of carboxylic acids is 1. The molecule has 0 aliphatic rings. The molecule has 0 aliphatic heterocycles. The van der Waals surface area contributed by atoms with Crippen molar-refractivity contribution in [3.63, 3.8) is 0 Å². The summed E-state index contributed by atoms with van der Waals surface area (Å²) < 4.78 is 7.23. The summed E-state index contributed by atoms with van der Waals surface area (Å²) in [4.78, 5) is 24.0. The molecule has 0 unspecified atom stereocenters. The van der Waals surface area contributed by atoms with E-state index in [1.165, 1.54) is 6.07 Å². The van der Waals surface area contributed by atoms with E-state index in [9.17, 15) is 14.7 Å². The lowest BCUT2D eigenvalue weighted by atomic mass is 10.1. The molecule has 0 aliphatic carbocycles. The van der Waals surface area contributed by atoms with Crippen LogP contribution in [-0.2, 0) is 0 Å². The Balaban J connectivity index is 2.44. The van der Waals surface area contributed by atoms with Crippen LogP contribution >= 0.6 is 11.6 Å². The number of rotatable bonds is 1. The van der Waals surface area contributed by atoms with Gasteiger partial charge in [-0.15, -0.1) is 0 Å². The van der Waals surface area contributed by atoms with Gasteiger partial charge in [0.15, 0.2) is 11.1 Å². The molecule has 1 N–H and O–H groups in total. The molecule has 0 amide bonds. The van der Waals surface area contributed by atoms with Gasteiger partial charge in [0.05, 0.1) is 11.0 Å². The van der Waals surface area contributed by atoms with Gasteiger partial charge in [0.25, 0.3) is 0 Å². The van der Waals surface area contributed by atoms with Crippen LogP contribution in [-0.4, -0.2) is 15.5 Å². The number of benzene rings is 2. The molecule has 108 valence electrons. The van der Waals surface area contributed by atoms with Gasteiger partial charge >= 0.3 is 5.97 Å². The Hall–Kier alpha value is -2.79. The van der Waals surface area contributed by atoms with E-state index in [0.717, 1.165) is 0 Å². The number of oxazole rings is 1. The first-order valence-electron chi connectivity index (χ1n) is 6.47. The summed E-state index contributed by atoms with van der Waals surface area (Å²) >= 11 is 6.03. The predicted octanol–water partition coefficient (Wildman–Crippen LogP) is 3.55. The Morgan fingerprint density at radius 1 is 1.14 bits per heavy atom. The number of nitrogens with zero attached hydrogens (tertiary/aromatic N) is 1. The van der Waals surface area contributed by atoms with Gasteiger partial charge in [-0.3, -0.25) is 9.20 Å². The molecular formula is C16H8ClNO4. The minimum atomic E-state index is -1.32. The van der Waals surface area contributed by atoms with Crippen LogP contribution < -0.4 is 5.43 Å². The quantitative estimate of drug-likeness (QED) is 0.583. The maximum Gasteiger partial charge on any atom is 0.345 e. The Kier molecular flexibility index (Phi) is 2.55. The average Bonchev–Trinajstić information content (AvgIpc) is 2.85. The van der Waals surface area contributed by atoms with Gasteiger partial charge in [-0.1, -0.05) is 23.7 Å². The second-order valence-electron chi connectivity index (χ2n) is 4.88. The zero-order valence-corrected chi connectivity index (χ0v) is 11.8. The average molecular weight is 314 g/mol. The maximum absolute atomic E-state index is 12.5. The van der Waals surface area contributed by atoms with E-state index in [2.05, 4.69) is 0 Å². The van der Waals surface area contributed by atoms with E-state index < -0.39 is 11.4 Å². The molecule has 0 radical (unpaired) electrons. The third kappa shape index (κ3) is 1.60. The Morgan fingerprint density at radius 3 is 2.68 bits per heavy atom. The number of pyridine rings is 1. The van der Waals surface area contributed by atoms with Crippen molar-refractivity contribution in [2.75, 3.05) is 0 Å². The predicted molar refractivity (Wildman–Crippen MR) is 82.9 cm³/mol. The lowest BCUT2D eigenvalue weighted by molar-refractivity contribution is 0.0696. The highest BCUT2D eigenvalue weighted by Gasteiger charge is 2.22. The van der Waals surface area contributed by atoms with Crippen molar-refractivity contribution in [1.82, 2.24) is 4.40 Å². The van der Waals surface area contributed by atoms with Gasteiger partial charge < -0.3 is 9.52 Å². The van der Waals surface area contributed by atoms with E-state index in [1.54, 1.807) is 34.7 Å². The first-order valence-corrected chi connectivity index (χ1v) is 6.84. The van der Waals surface area contributed by atoms with Crippen molar-refractivity contribution in [2.45, 2.75) is 0 Å². The third-order valence-electron chi connectivity index (χ3n) is 3.62. The lowest BCUT2D eigenvalue weighted by Crippen LogP contribution is -2.17. The van der Waals surface area contributed by atoms with Crippen molar-refractivity contribution in [1.29, 1.82) is 0 Å².